The number of ether oxygens (including phenoxy) is 1. The maximum absolute atomic E-state index is 12.6. The van der Waals surface area contributed by atoms with Crippen molar-refractivity contribution in [3.05, 3.63) is 41.3 Å². The van der Waals surface area contributed by atoms with Crippen molar-refractivity contribution in [3.8, 4) is 0 Å². The topological polar surface area (TPSA) is 69.0 Å². The molecule has 0 aliphatic carbocycles. The van der Waals surface area contributed by atoms with E-state index in [2.05, 4.69) is 15.4 Å². The quantitative estimate of drug-likeness (QED) is 0.916. The second-order valence-corrected chi connectivity index (χ2v) is 4.74. The molecule has 0 atom stereocenters. The van der Waals surface area contributed by atoms with Crippen molar-refractivity contribution < 1.29 is 22.7 Å². The van der Waals surface area contributed by atoms with Crippen molar-refractivity contribution in [2.24, 2.45) is 0 Å². The van der Waals surface area contributed by atoms with Gasteiger partial charge in [0.25, 0.3) is 5.91 Å². The highest BCUT2D eigenvalue weighted by atomic mass is 19.4. The number of hydrogen-bond donors (Lipinski definition) is 1. The highest BCUT2D eigenvalue weighted by Gasteiger charge is 2.31. The Morgan fingerprint density at radius 3 is 2.83 bits per heavy atom. The number of methoxy groups -OCH3 is 1. The zero-order chi connectivity index (χ0) is 17.0. The molecule has 0 aromatic carbocycles. The van der Waals surface area contributed by atoms with Crippen LogP contribution in [-0.2, 0) is 17.5 Å². The summed E-state index contributed by atoms with van der Waals surface area (Å²) in [6.45, 7) is 2.59. The van der Waals surface area contributed by atoms with Crippen molar-refractivity contribution in [2.75, 3.05) is 19.0 Å². The van der Waals surface area contributed by atoms with Crippen LogP contribution in [0, 0.1) is 6.92 Å². The molecule has 0 unspecified atom stereocenters. The van der Waals surface area contributed by atoms with Gasteiger partial charge in [0.1, 0.15) is 5.82 Å². The van der Waals surface area contributed by atoms with Gasteiger partial charge in [0, 0.05) is 19.0 Å². The molecule has 124 valence electrons. The molecule has 2 aromatic heterocycles. The molecule has 2 heterocycles. The number of amides is 1. The smallest absolute Gasteiger partial charge is 0.383 e. The minimum absolute atomic E-state index is 0.172. The van der Waals surface area contributed by atoms with E-state index in [9.17, 15) is 18.0 Å². The van der Waals surface area contributed by atoms with Crippen LogP contribution in [0.5, 0.6) is 0 Å². The molecular formula is C14H15F3N4O2. The SMILES string of the molecule is COCCn1ncc(C(=O)Nc2cc(C(F)(F)F)ccn2)c1C. The molecule has 0 radical (unpaired) electrons. The zero-order valence-electron chi connectivity index (χ0n) is 12.5. The second kappa shape index (κ2) is 6.78. The summed E-state index contributed by atoms with van der Waals surface area (Å²) >= 11 is 0. The van der Waals surface area contributed by atoms with Gasteiger partial charge in [-0.05, 0) is 19.1 Å². The molecule has 23 heavy (non-hydrogen) atoms. The van der Waals surface area contributed by atoms with Crippen molar-refractivity contribution in [2.45, 2.75) is 19.6 Å². The highest BCUT2D eigenvalue weighted by Crippen LogP contribution is 2.30. The first kappa shape index (κ1) is 16.9. The molecule has 2 aromatic rings. The number of hydrogen-bond acceptors (Lipinski definition) is 4. The highest BCUT2D eigenvalue weighted by molar-refractivity contribution is 6.04. The molecule has 0 saturated heterocycles. The van der Waals surface area contributed by atoms with Crippen LogP contribution in [-0.4, -0.2) is 34.4 Å². The summed E-state index contributed by atoms with van der Waals surface area (Å²) in [5.41, 5.74) is -0.0258. The van der Waals surface area contributed by atoms with E-state index >= 15 is 0 Å². The van der Waals surface area contributed by atoms with Crippen molar-refractivity contribution in [1.29, 1.82) is 0 Å². The summed E-state index contributed by atoms with van der Waals surface area (Å²) in [6.07, 6.45) is -2.15. The van der Waals surface area contributed by atoms with Crippen LogP contribution in [0.4, 0.5) is 19.0 Å². The fourth-order valence-electron chi connectivity index (χ4n) is 1.93. The van der Waals surface area contributed by atoms with Crippen LogP contribution in [0.25, 0.3) is 0 Å². The van der Waals surface area contributed by atoms with Gasteiger partial charge < -0.3 is 10.1 Å². The summed E-state index contributed by atoms with van der Waals surface area (Å²) in [7, 11) is 1.55. The maximum atomic E-state index is 12.6. The Morgan fingerprint density at radius 1 is 1.43 bits per heavy atom. The minimum Gasteiger partial charge on any atom is -0.383 e. The van der Waals surface area contributed by atoms with E-state index in [-0.39, 0.29) is 11.4 Å². The zero-order valence-corrected chi connectivity index (χ0v) is 12.5. The first-order valence-corrected chi connectivity index (χ1v) is 6.69. The van der Waals surface area contributed by atoms with Crippen LogP contribution >= 0.6 is 0 Å². The monoisotopic (exact) mass is 328 g/mol. The number of nitrogens with zero attached hydrogens (tertiary/aromatic N) is 3. The molecule has 0 aliphatic heterocycles. The fourth-order valence-corrected chi connectivity index (χ4v) is 1.93. The van der Waals surface area contributed by atoms with Gasteiger partial charge in [0.05, 0.1) is 30.5 Å². The molecular weight excluding hydrogens is 313 g/mol. The average Bonchev–Trinajstić information content (AvgIpc) is 2.85. The Kier molecular flexibility index (Phi) is 4.99. The van der Waals surface area contributed by atoms with Gasteiger partial charge in [0.2, 0.25) is 0 Å². The van der Waals surface area contributed by atoms with Gasteiger partial charge in [-0.1, -0.05) is 0 Å². The third-order valence-electron chi connectivity index (χ3n) is 3.18. The lowest BCUT2D eigenvalue weighted by atomic mass is 10.2. The number of pyridine rings is 1. The van der Waals surface area contributed by atoms with E-state index in [1.54, 1.807) is 18.7 Å². The van der Waals surface area contributed by atoms with Gasteiger partial charge in [-0.2, -0.15) is 18.3 Å². The second-order valence-electron chi connectivity index (χ2n) is 4.74. The van der Waals surface area contributed by atoms with E-state index in [0.717, 1.165) is 18.3 Å². The first-order valence-electron chi connectivity index (χ1n) is 6.69. The Morgan fingerprint density at radius 2 is 2.17 bits per heavy atom. The van der Waals surface area contributed by atoms with Crippen molar-refractivity contribution >= 4 is 11.7 Å². The van der Waals surface area contributed by atoms with E-state index in [4.69, 9.17) is 4.74 Å². The minimum atomic E-state index is -4.50. The summed E-state index contributed by atoms with van der Waals surface area (Å²) in [4.78, 5) is 15.9. The van der Waals surface area contributed by atoms with Crippen LogP contribution in [0.1, 0.15) is 21.6 Å². The van der Waals surface area contributed by atoms with Crippen molar-refractivity contribution in [1.82, 2.24) is 14.8 Å². The molecule has 0 bridgehead atoms. The van der Waals surface area contributed by atoms with Crippen LogP contribution in [0.3, 0.4) is 0 Å². The molecule has 1 N–H and O–H groups in total. The lowest BCUT2D eigenvalue weighted by Crippen LogP contribution is -2.16. The van der Waals surface area contributed by atoms with E-state index in [1.807, 2.05) is 0 Å². The van der Waals surface area contributed by atoms with Gasteiger partial charge in [-0.3, -0.25) is 9.48 Å². The summed E-state index contributed by atoms with van der Waals surface area (Å²) in [5, 5.41) is 6.39. The largest absolute Gasteiger partial charge is 0.416 e. The molecule has 1 amide bonds. The molecule has 0 spiro atoms. The van der Waals surface area contributed by atoms with E-state index in [1.165, 1.54) is 6.20 Å². The number of carbonyl (C=O) groups is 1. The predicted molar refractivity (Wildman–Crippen MR) is 76.0 cm³/mol. The number of halogens is 3. The summed E-state index contributed by atoms with van der Waals surface area (Å²) in [6, 6.07) is 1.62. The van der Waals surface area contributed by atoms with Gasteiger partial charge in [-0.15, -0.1) is 0 Å². The maximum Gasteiger partial charge on any atom is 0.416 e. The summed E-state index contributed by atoms with van der Waals surface area (Å²) in [5.74, 6) is -0.744. The van der Waals surface area contributed by atoms with Crippen LogP contribution < -0.4 is 5.32 Å². The Bertz CT molecular complexity index is 698. The number of alkyl halides is 3. The normalized spacial score (nSPS) is 11.5. The van der Waals surface area contributed by atoms with Crippen LogP contribution in [0.15, 0.2) is 24.5 Å². The lowest BCUT2D eigenvalue weighted by Gasteiger charge is -2.09. The fraction of sp³-hybridized carbons (Fsp3) is 0.357. The van der Waals surface area contributed by atoms with Gasteiger partial charge in [-0.25, -0.2) is 4.98 Å². The molecule has 0 saturated carbocycles. The lowest BCUT2D eigenvalue weighted by molar-refractivity contribution is -0.137. The number of anilines is 1. The number of carbonyl (C=O) groups excluding carboxylic acids is 1. The average molecular weight is 328 g/mol. The standard InChI is InChI=1S/C14H15F3N4O2/c1-9-11(8-19-21(9)5-6-23-2)13(22)20-12-7-10(3-4-18-12)14(15,16)17/h3-4,7-8H,5-6H2,1-2H3,(H,18,20,22). The number of aromatic nitrogens is 3. The number of nitrogens with one attached hydrogen (secondary N) is 1. The van der Waals surface area contributed by atoms with Crippen molar-refractivity contribution in [3.63, 3.8) is 0 Å². The Hall–Kier alpha value is -2.42. The van der Waals surface area contributed by atoms with E-state index < -0.39 is 17.6 Å². The molecule has 6 nitrogen and oxygen atoms in total. The third kappa shape index (κ3) is 4.07. The summed E-state index contributed by atoms with van der Waals surface area (Å²) < 4.78 is 44.5. The Balaban J connectivity index is 2.15. The van der Waals surface area contributed by atoms with E-state index in [0.29, 0.717) is 18.8 Å². The Labute approximate surface area is 130 Å². The molecule has 0 aliphatic rings. The first-order chi connectivity index (χ1) is 10.8. The van der Waals surface area contributed by atoms with Gasteiger partial charge >= 0.3 is 6.18 Å². The predicted octanol–water partition coefficient (Wildman–Crippen LogP) is 2.50. The molecule has 2 rings (SSSR count). The van der Waals surface area contributed by atoms with Gasteiger partial charge in [0.15, 0.2) is 0 Å². The molecule has 9 heteroatoms. The molecule has 0 fully saturated rings. The van der Waals surface area contributed by atoms with Crippen LogP contribution in [0.2, 0.25) is 0 Å². The third-order valence-corrected chi connectivity index (χ3v) is 3.18. The number of rotatable bonds is 5.